The van der Waals surface area contributed by atoms with Crippen LogP contribution in [0.4, 0.5) is 13.2 Å². The second-order valence-electron chi connectivity index (χ2n) is 5.85. The molecular weight excluding hydrogens is 396 g/mol. The lowest BCUT2D eigenvalue weighted by Gasteiger charge is -2.31. The largest absolute Gasteiger partial charge is 0.482 e. The lowest BCUT2D eigenvalue weighted by atomic mass is 9.96. The lowest BCUT2D eigenvalue weighted by molar-refractivity contribution is -0.143. The highest BCUT2D eigenvalue weighted by Crippen LogP contribution is 2.27. The van der Waals surface area contributed by atoms with E-state index in [9.17, 15) is 22.8 Å². The van der Waals surface area contributed by atoms with Crippen LogP contribution >= 0.6 is 23.2 Å². The molecule has 2 amide bonds. The minimum Gasteiger partial charge on any atom is -0.482 e. The summed E-state index contributed by atoms with van der Waals surface area (Å²) in [6.45, 7) is -1.02. The normalized spacial score (nSPS) is 15.7. The van der Waals surface area contributed by atoms with Crippen LogP contribution in [0.1, 0.15) is 12.8 Å². The maximum Gasteiger partial charge on any atom is 0.405 e. The summed E-state index contributed by atoms with van der Waals surface area (Å²) in [7, 11) is 0. The van der Waals surface area contributed by atoms with E-state index in [1.807, 2.05) is 5.32 Å². The molecule has 0 radical (unpaired) electrons. The van der Waals surface area contributed by atoms with Crippen molar-refractivity contribution in [3.8, 4) is 5.75 Å². The Kier molecular flexibility index (Phi) is 7.00. The van der Waals surface area contributed by atoms with Gasteiger partial charge in [-0.1, -0.05) is 23.2 Å². The summed E-state index contributed by atoms with van der Waals surface area (Å²) in [6, 6.07) is 4.63. The summed E-state index contributed by atoms with van der Waals surface area (Å²) in [4.78, 5) is 25.4. The van der Waals surface area contributed by atoms with Crippen LogP contribution in [0, 0.1) is 5.92 Å². The smallest absolute Gasteiger partial charge is 0.405 e. The van der Waals surface area contributed by atoms with Crippen molar-refractivity contribution in [3.63, 3.8) is 0 Å². The molecule has 1 N–H and O–H groups in total. The molecule has 0 atom stereocenters. The van der Waals surface area contributed by atoms with Crippen molar-refractivity contribution in [2.24, 2.45) is 5.92 Å². The number of carbonyl (C=O) groups excluding carboxylic acids is 2. The van der Waals surface area contributed by atoms with Gasteiger partial charge in [0.15, 0.2) is 6.61 Å². The molecule has 26 heavy (non-hydrogen) atoms. The van der Waals surface area contributed by atoms with Gasteiger partial charge in [-0.15, -0.1) is 0 Å². The number of benzene rings is 1. The molecule has 0 saturated carbocycles. The van der Waals surface area contributed by atoms with Gasteiger partial charge in [-0.3, -0.25) is 9.59 Å². The average Bonchev–Trinajstić information content (AvgIpc) is 2.58. The zero-order valence-electron chi connectivity index (χ0n) is 13.6. The zero-order chi connectivity index (χ0) is 19.3. The van der Waals surface area contributed by atoms with Gasteiger partial charge in [0.05, 0.1) is 5.02 Å². The quantitative estimate of drug-likeness (QED) is 0.806. The molecule has 144 valence electrons. The third kappa shape index (κ3) is 6.25. The Balaban J connectivity index is 1.76. The summed E-state index contributed by atoms with van der Waals surface area (Å²) < 4.78 is 41.8. The number of carbonyl (C=O) groups is 2. The third-order valence-electron chi connectivity index (χ3n) is 3.93. The molecule has 0 unspecified atom stereocenters. The van der Waals surface area contributed by atoms with E-state index >= 15 is 0 Å². The van der Waals surface area contributed by atoms with E-state index in [1.165, 1.54) is 11.0 Å². The van der Waals surface area contributed by atoms with Crippen molar-refractivity contribution >= 4 is 35.0 Å². The highest BCUT2D eigenvalue weighted by atomic mass is 35.5. The van der Waals surface area contributed by atoms with Crippen LogP contribution in [0.3, 0.4) is 0 Å². The van der Waals surface area contributed by atoms with Crippen molar-refractivity contribution < 1.29 is 27.5 Å². The van der Waals surface area contributed by atoms with Gasteiger partial charge in [-0.25, -0.2) is 0 Å². The van der Waals surface area contributed by atoms with Crippen LogP contribution in [0.25, 0.3) is 0 Å². The first-order chi connectivity index (χ1) is 12.2. The number of rotatable bonds is 5. The molecule has 1 aliphatic rings. The molecule has 0 aromatic heterocycles. The van der Waals surface area contributed by atoms with E-state index in [0.717, 1.165) is 0 Å². The molecule has 2 rings (SSSR count). The van der Waals surface area contributed by atoms with Crippen LogP contribution in [-0.4, -0.2) is 49.1 Å². The minimum atomic E-state index is -4.44. The number of alkyl halides is 3. The first kappa shape index (κ1) is 20.6. The van der Waals surface area contributed by atoms with Crippen molar-refractivity contribution in [2.75, 3.05) is 26.2 Å². The van der Waals surface area contributed by atoms with Gasteiger partial charge in [0.1, 0.15) is 12.3 Å². The van der Waals surface area contributed by atoms with E-state index < -0.39 is 24.5 Å². The molecule has 0 bridgehead atoms. The minimum absolute atomic E-state index is 0.230. The summed E-state index contributed by atoms with van der Waals surface area (Å²) in [5.74, 6) is -1.14. The van der Waals surface area contributed by atoms with Crippen molar-refractivity contribution in [2.45, 2.75) is 19.0 Å². The molecule has 1 fully saturated rings. The van der Waals surface area contributed by atoms with Crippen molar-refractivity contribution in [1.29, 1.82) is 0 Å². The standard InChI is InChI=1S/C16H17Cl2F3N2O3/c17-11-1-2-13(12(18)7-11)26-8-14(24)23-5-3-10(4-6-23)15(25)22-9-16(19,20)21/h1-2,7,10H,3-6,8-9H2,(H,22,25). The third-order valence-corrected chi connectivity index (χ3v) is 4.46. The molecule has 1 heterocycles. The van der Waals surface area contributed by atoms with Gasteiger partial charge in [0.2, 0.25) is 5.91 Å². The second-order valence-corrected chi connectivity index (χ2v) is 6.70. The van der Waals surface area contributed by atoms with Crippen LogP contribution in [0.5, 0.6) is 5.75 Å². The maximum absolute atomic E-state index is 12.2. The molecule has 5 nitrogen and oxygen atoms in total. The number of nitrogens with one attached hydrogen (secondary N) is 1. The Hall–Kier alpha value is -1.67. The van der Waals surface area contributed by atoms with E-state index in [0.29, 0.717) is 23.6 Å². The van der Waals surface area contributed by atoms with Gasteiger partial charge in [-0.05, 0) is 31.0 Å². The summed E-state index contributed by atoms with van der Waals surface area (Å²) in [5.41, 5.74) is 0. The second kappa shape index (κ2) is 8.81. The number of piperidine rings is 1. The Morgan fingerprint density at radius 2 is 1.88 bits per heavy atom. The Morgan fingerprint density at radius 3 is 2.46 bits per heavy atom. The molecule has 0 aliphatic carbocycles. The zero-order valence-corrected chi connectivity index (χ0v) is 15.1. The number of amides is 2. The highest BCUT2D eigenvalue weighted by molar-refractivity contribution is 6.35. The SMILES string of the molecule is O=C(NCC(F)(F)F)C1CCN(C(=O)COc2ccc(Cl)cc2Cl)CC1. The Bertz CT molecular complexity index is 663. The molecule has 1 saturated heterocycles. The molecule has 1 aromatic carbocycles. The van der Waals surface area contributed by atoms with Gasteiger partial charge in [0, 0.05) is 24.0 Å². The highest BCUT2D eigenvalue weighted by Gasteiger charge is 2.31. The van der Waals surface area contributed by atoms with Crippen LogP contribution in [-0.2, 0) is 9.59 Å². The molecule has 1 aliphatic heterocycles. The van der Waals surface area contributed by atoms with Gasteiger partial charge in [-0.2, -0.15) is 13.2 Å². The summed E-state index contributed by atoms with van der Waals surface area (Å²) >= 11 is 11.7. The van der Waals surface area contributed by atoms with E-state index in [-0.39, 0.29) is 30.6 Å². The summed E-state index contributed by atoms with van der Waals surface area (Å²) in [5, 5.41) is 2.60. The lowest BCUT2D eigenvalue weighted by Crippen LogP contribution is -2.45. The molecule has 0 spiro atoms. The first-order valence-electron chi connectivity index (χ1n) is 7.86. The molecule has 10 heteroatoms. The fourth-order valence-electron chi connectivity index (χ4n) is 2.55. The average molecular weight is 413 g/mol. The number of ether oxygens (including phenoxy) is 1. The molecular formula is C16H17Cl2F3N2O3. The summed E-state index contributed by atoms with van der Waals surface area (Å²) in [6.07, 6.45) is -3.83. The first-order valence-corrected chi connectivity index (χ1v) is 8.61. The predicted octanol–water partition coefficient (Wildman–Crippen LogP) is 3.29. The van der Waals surface area contributed by atoms with Crippen LogP contribution in [0.15, 0.2) is 18.2 Å². The topological polar surface area (TPSA) is 58.6 Å². The van der Waals surface area contributed by atoms with Gasteiger partial charge in [0.25, 0.3) is 5.91 Å². The fraction of sp³-hybridized carbons (Fsp3) is 0.500. The Morgan fingerprint density at radius 1 is 1.23 bits per heavy atom. The number of hydrogen-bond acceptors (Lipinski definition) is 3. The van der Waals surface area contributed by atoms with Crippen LogP contribution < -0.4 is 10.1 Å². The predicted molar refractivity (Wildman–Crippen MR) is 90.3 cm³/mol. The van der Waals surface area contributed by atoms with Crippen molar-refractivity contribution in [1.82, 2.24) is 10.2 Å². The van der Waals surface area contributed by atoms with E-state index in [1.54, 1.807) is 12.1 Å². The van der Waals surface area contributed by atoms with Gasteiger partial charge < -0.3 is 15.0 Å². The number of hydrogen-bond donors (Lipinski definition) is 1. The monoisotopic (exact) mass is 412 g/mol. The van der Waals surface area contributed by atoms with E-state index in [4.69, 9.17) is 27.9 Å². The van der Waals surface area contributed by atoms with E-state index in [2.05, 4.69) is 0 Å². The number of nitrogens with zero attached hydrogens (tertiary/aromatic N) is 1. The fourth-order valence-corrected chi connectivity index (χ4v) is 3.01. The van der Waals surface area contributed by atoms with Gasteiger partial charge >= 0.3 is 6.18 Å². The number of likely N-dealkylation sites (tertiary alicyclic amines) is 1. The number of halogens is 5. The van der Waals surface area contributed by atoms with Crippen molar-refractivity contribution in [3.05, 3.63) is 28.2 Å². The van der Waals surface area contributed by atoms with Crippen LogP contribution in [0.2, 0.25) is 10.0 Å². The maximum atomic E-state index is 12.2. The molecule has 1 aromatic rings. The Labute approximate surface area is 158 Å².